The van der Waals surface area contributed by atoms with Gasteiger partial charge in [0.05, 0.1) is 0 Å². The van der Waals surface area contributed by atoms with Crippen LogP contribution < -0.4 is 5.73 Å². The number of nitrogens with zero attached hydrogens (tertiary/aromatic N) is 1. The third-order valence-corrected chi connectivity index (χ3v) is 2.98. The molecule has 0 aliphatic carbocycles. The van der Waals surface area contributed by atoms with E-state index in [1.807, 2.05) is 4.90 Å². The zero-order chi connectivity index (χ0) is 10.7. The van der Waals surface area contributed by atoms with Crippen LogP contribution in [0.15, 0.2) is 12.2 Å². The number of nitrogens with two attached hydrogens (primary N) is 1. The molecular formula is C11H20N2O. The van der Waals surface area contributed by atoms with E-state index in [9.17, 15) is 4.79 Å². The summed E-state index contributed by atoms with van der Waals surface area (Å²) >= 11 is 0. The molecule has 1 rings (SSSR count). The van der Waals surface area contributed by atoms with Crippen LogP contribution in [0.3, 0.4) is 0 Å². The summed E-state index contributed by atoms with van der Waals surface area (Å²) in [5, 5.41) is 0. The molecular weight excluding hydrogens is 176 g/mol. The van der Waals surface area contributed by atoms with E-state index in [4.69, 9.17) is 5.73 Å². The molecule has 14 heavy (non-hydrogen) atoms. The van der Waals surface area contributed by atoms with E-state index < -0.39 is 0 Å². The molecule has 80 valence electrons. The largest absolute Gasteiger partial charge is 0.337 e. The van der Waals surface area contributed by atoms with Crippen molar-refractivity contribution in [2.45, 2.75) is 32.7 Å². The third kappa shape index (κ3) is 2.35. The lowest BCUT2D eigenvalue weighted by Crippen LogP contribution is -2.50. The number of piperidine rings is 1. The Kier molecular flexibility index (Phi) is 3.69. The highest BCUT2D eigenvalue weighted by atomic mass is 16.2. The van der Waals surface area contributed by atoms with Gasteiger partial charge >= 0.3 is 0 Å². The molecule has 0 spiro atoms. The van der Waals surface area contributed by atoms with Crippen LogP contribution in [0, 0.1) is 5.92 Å². The van der Waals surface area contributed by atoms with Gasteiger partial charge in [0.15, 0.2) is 0 Å². The van der Waals surface area contributed by atoms with Crippen molar-refractivity contribution in [1.29, 1.82) is 0 Å². The van der Waals surface area contributed by atoms with Crippen LogP contribution in [0.2, 0.25) is 0 Å². The Labute approximate surface area is 86.0 Å². The van der Waals surface area contributed by atoms with Gasteiger partial charge in [0, 0.05) is 24.7 Å². The van der Waals surface area contributed by atoms with Gasteiger partial charge in [-0.1, -0.05) is 19.9 Å². The van der Waals surface area contributed by atoms with Crippen molar-refractivity contribution in [3.05, 3.63) is 12.2 Å². The van der Waals surface area contributed by atoms with Gasteiger partial charge in [-0.3, -0.25) is 4.79 Å². The minimum absolute atomic E-state index is 0.0509. The summed E-state index contributed by atoms with van der Waals surface area (Å²) in [6.45, 7) is 9.08. The molecule has 1 aliphatic rings. The van der Waals surface area contributed by atoms with Crippen LogP contribution in [0.4, 0.5) is 0 Å². The molecule has 0 radical (unpaired) electrons. The van der Waals surface area contributed by atoms with Crippen molar-refractivity contribution in [3.63, 3.8) is 0 Å². The van der Waals surface area contributed by atoms with Gasteiger partial charge in [0.25, 0.3) is 0 Å². The molecule has 0 aromatic carbocycles. The minimum Gasteiger partial charge on any atom is -0.337 e. The predicted molar refractivity (Wildman–Crippen MR) is 57.8 cm³/mol. The molecule has 0 saturated carbocycles. The number of amides is 1. The third-order valence-electron chi connectivity index (χ3n) is 2.98. The van der Waals surface area contributed by atoms with Gasteiger partial charge in [0.1, 0.15) is 0 Å². The second kappa shape index (κ2) is 4.60. The van der Waals surface area contributed by atoms with Crippen LogP contribution in [0.1, 0.15) is 26.7 Å². The quantitative estimate of drug-likeness (QED) is 0.673. The average Bonchev–Trinajstić information content (AvgIpc) is 2.16. The summed E-state index contributed by atoms with van der Waals surface area (Å²) in [4.78, 5) is 13.4. The molecule has 1 saturated heterocycles. The molecule has 1 amide bonds. The Hall–Kier alpha value is -0.830. The fourth-order valence-electron chi connectivity index (χ4n) is 1.99. The fraction of sp³-hybridized carbons (Fsp3) is 0.727. The summed E-state index contributed by atoms with van der Waals surface area (Å²) in [5.41, 5.74) is 6.60. The first-order valence-electron chi connectivity index (χ1n) is 5.26. The maximum Gasteiger partial charge on any atom is 0.248 e. The van der Waals surface area contributed by atoms with E-state index in [2.05, 4.69) is 13.5 Å². The summed E-state index contributed by atoms with van der Waals surface area (Å²) in [6.07, 6.45) is 2.13. The Morgan fingerprint density at radius 3 is 2.71 bits per heavy atom. The van der Waals surface area contributed by atoms with Crippen molar-refractivity contribution in [2.24, 2.45) is 11.7 Å². The standard InChI is InChI=1S/C11H20N2O/c1-4-9-5-6-13(7-10(9)12)11(14)8(2)3/h9-10H,2,4-7,12H2,1,3H3. The van der Waals surface area contributed by atoms with Crippen molar-refractivity contribution in [2.75, 3.05) is 13.1 Å². The normalized spacial score (nSPS) is 27.5. The molecule has 1 fully saturated rings. The van der Waals surface area contributed by atoms with Gasteiger partial charge in [-0.25, -0.2) is 0 Å². The highest BCUT2D eigenvalue weighted by Crippen LogP contribution is 2.20. The zero-order valence-corrected chi connectivity index (χ0v) is 9.12. The monoisotopic (exact) mass is 196 g/mol. The second-order valence-electron chi connectivity index (χ2n) is 4.15. The fourth-order valence-corrected chi connectivity index (χ4v) is 1.99. The Bertz CT molecular complexity index is 237. The van der Waals surface area contributed by atoms with Crippen LogP contribution >= 0.6 is 0 Å². The SMILES string of the molecule is C=C(C)C(=O)N1CCC(CC)C(N)C1. The first-order chi connectivity index (χ1) is 6.56. The topological polar surface area (TPSA) is 46.3 Å². The first-order valence-corrected chi connectivity index (χ1v) is 5.26. The summed E-state index contributed by atoms with van der Waals surface area (Å²) in [5.74, 6) is 0.624. The predicted octanol–water partition coefficient (Wildman–Crippen LogP) is 1.15. The van der Waals surface area contributed by atoms with Gasteiger partial charge in [-0.05, 0) is 19.3 Å². The van der Waals surface area contributed by atoms with Crippen molar-refractivity contribution < 1.29 is 4.79 Å². The number of carbonyl (C=O) groups excluding carboxylic acids is 1. The molecule has 0 aromatic rings. The number of carbonyl (C=O) groups is 1. The zero-order valence-electron chi connectivity index (χ0n) is 9.12. The van der Waals surface area contributed by atoms with Crippen molar-refractivity contribution in [1.82, 2.24) is 4.90 Å². The van der Waals surface area contributed by atoms with E-state index in [0.29, 0.717) is 18.0 Å². The molecule has 2 unspecified atom stereocenters. The lowest BCUT2D eigenvalue weighted by atomic mass is 9.90. The summed E-state index contributed by atoms with van der Waals surface area (Å²) < 4.78 is 0. The van der Waals surface area contributed by atoms with Crippen molar-refractivity contribution >= 4 is 5.91 Å². The smallest absolute Gasteiger partial charge is 0.248 e. The minimum atomic E-state index is 0.0509. The molecule has 1 aliphatic heterocycles. The van der Waals surface area contributed by atoms with Gasteiger partial charge in [0.2, 0.25) is 5.91 Å². The van der Waals surface area contributed by atoms with Crippen LogP contribution in [-0.2, 0) is 4.79 Å². The molecule has 1 heterocycles. The van der Waals surface area contributed by atoms with Gasteiger partial charge in [-0.15, -0.1) is 0 Å². The van der Waals surface area contributed by atoms with E-state index in [0.717, 1.165) is 19.4 Å². The number of hydrogen-bond donors (Lipinski definition) is 1. The lowest BCUT2D eigenvalue weighted by Gasteiger charge is -2.36. The Balaban J connectivity index is 2.54. The summed E-state index contributed by atoms with van der Waals surface area (Å²) in [6, 6.07) is 0.136. The summed E-state index contributed by atoms with van der Waals surface area (Å²) in [7, 11) is 0. The molecule has 2 N–H and O–H groups in total. The van der Waals surface area contributed by atoms with E-state index in [1.165, 1.54) is 0 Å². The highest BCUT2D eigenvalue weighted by Gasteiger charge is 2.27. The second-order valence-corrected chi connectivity index (χ2v) is 4.15. The molecule has 0 aromatic heterocycles. The Morgan fingerprint density at radius 1 is 1.64 bits per heavy atom. The number of hydrogen-bond acceptors (Lipinski definition) is 2. The van der Waals surface area contributed by atoms with E-state index in [1.54, 1.807) is 6.92 Å². The Morgan fingerprint density at radius 2 is 2.29 bits per heavy atom. The van der Waals surface area contributed by atoms with Gasteiger partial charge in [-0.2, -0.15) is 0 Å². The number of rotatable bonds is 2. The van der Waals surface area contributed by atoms with E-state index >= 15 is 0 Å². The maximum absolute atomic E-state index is 11.6. The average molecular weight is 196 g/mol. The van der Waals surface area contributed by atoms with E-state index in [-0.39, 0.29) is 11.9 Å². The molecule has 2 atom stereocenters. The van der Waals surface area contributed by atoms with Crippen molar-refractivity contribution in [3.8, 4) is 0 Å². The molecule has 3 heteroatoms. The van der Waals surface area contributed by atoms with Crippen LogP contribution in [0.25, 0.3) is 0 Å². The highest BCUT2D eigenvalue weighted by molar-refractivity contribution is 5.92. The number of likely N-dealkylation sites (tertiary alicyclic amines) is 1. The first kappa shape index (κ1) is 11.2. The van der Waals surface area contributed by atoms with Crippen LogP contribution in [-0.4, -0.2) is 29.9 Å². The molecule has 3 nitrogen and oxygen atoms in total. The van der Waals surface area contributed by atoms with Crippen LogP contribution in [0.5, 0.6) is 0 Å². The maximum atomic E-state index is 11.6. The van der Waals surface area contributed by atoms with Gasteiger partial charge < -0.3 is 10.6 Å². The molecule has 0 bridgehead atoms. The lowest BCUT2D eigenvalue weighted by molar-refractivity contribution is -0.128.